The molecule has 1 amide bonds. The molecule has 0 radical (unpaired) electrons. The summed E-state index contributed by atoms with van der Waals surface area (Å²) in [6.07, 6.45) is 2.03. The van der Waals surface area contributed by atoms with Gasteiger partial charge in [0.25, 0.3) is 0 Å². The first-order valence-corrected chi connectivity index (χ1v) is 8.07. The van der Waals surface area contributed by atoms with Crippen LogP contribution in [0.15, 0.2) is 35.7 Å². The molecule has 1 aromatic carbocycles. The fourth-order valence-electron chi connectivity index (χ4n) is 2.05. The molecule has 0 spiro atoms. The van der Waals surface area contributed by atoms with E-state index in [1.165, 1.54) is 0 Å². The lowest BCUT2D eigenvalue weighted by molar-refractivity contribution is -0.121. The van der Waals surface area contributed by atoms with Crippen LogP contribution in [0.1, 0.15) is 35.7 Å². The standard InChI is InChI=1S/C16H21N3OS/c1-2-16-19-13(11-21-16)8-9-18-15(20)10-14(17)12-6-4-3-5-7-12/h3-7,11,14H,2,8-10,17H2,1H3,(H,18,20). The highest BCUT2D eigenvalue weighted by Crippen LogP contribution is 2.13. The molecule has 4 nitrogen and oxygen atoms in total. The van der Waals surface area contributed by atoms with E-state index in [1.54, 1.807) is 11.3 Å². The van der Waals surface area contributed by atoms with Gasteiger partial charge in [-0.3, -0.25) is 4.79 Å². The van der Waals surface area contributed by atoms with E-state index < -0.39 is 0 Å². The fraction of sp³-hybridized carbons (Fsp3) is 0.375. The number of aromatic nitrogens is 1. The van der Waals surface area contributed by atoms with E-state index >= 15 is 0 Å². The predicted octanol–water partition coefficient (Wildman–Crippen LogP) is 2.45. The quantitative estimate of drug-likeness (QED) is 0.825. The highest BCUT2D eigenvalue weighted by molar-refractivity contribution is 7.09. The number of carbonyl (C=O) groups excluding carboxylic acids is 1. The van der Waals surface area contributed by atoms with E-state index in [2.05, 4.69) is 22.6 Å². The van der Waals surface area contributed by atoms with Crippen LogP contribution in [0.2, 0.25) is 0 Å². The minimum atomic E-state index is -0.253. The Morgan fingerprint density at radius 3 is 2.81 bits per heavy atom. The zero-order valence-corrected chi connectivity index (χ0v) is 13.0. The van der Waals surface area contributed by atoms with Crippen molar-refractivity contribution in [2.45, 2.75) is 32.2 Å². The van der Waals surface area contributed by atoms with Crippen molar-refractivity contribution in [3.8, 4) is 0 Å². The van der Waals surface area contributed by atoms with Gasteiger partial charge in [0.2, 0.25) is 5.91 Å². The Morgan fingerprint density at radius 1 is 1.38 bits per heavy atom. The van der Waals surface area contributed by atoms with Crippen molar-refractivity contribution in [2.24, 2.45) is 5.73 Å². The van der Waals surface area contributed by atoms with Crippen LogP contribution in [0, 0.1) is 0 Å². The zero-order valence-electron chi connectivity index (χ0n) is 12.2. The van der Waals surface area contributed by atoms with Crippen LogP contribution in [0.25, 0.3) is 0 Å². The largest absolute Gasteiger partial charge is 0.356 e. The first-order valence-electron chi connectivity index (χ1n) is 7.19. The molecule has 1 atom stereocenters. The summed E-state index contributed by atoms with van der Waals surface area (Å²) in [5.74, 6) is -0.0164. The van der Waals surface area contributed by atoms with E-state index in [0.29, 0.717) is 13.0 Å². The maximum absolute atomic E-state index is 11.9. The summed E-state index contributed by atoms with van der Waals surface area (Å²) in [5, 5.41) is 6.10. The molecule has 0 saturated carbocycles. The van der Waals surface area contributed by atoms with Crippen LogP contribution in [-0.4, -0.2) is 17.4 Å². The number of aryl methyl sites for hydroxylation is 1. The van der Waals surface area contributed by atoms with E-state index in [-0.39, 0.29) is 11.9 Å². The minimum absolute atomic E-state index is 0.0164. The summed E-state index contributed by atoms with van der Waals surface area (Å²) in [7, 11) is 0. The Balaban J connectivity index is 1.72. The molecule has 21 heavy (non-hydrogen) atoms. The van der Waals surface area contributed by atoms with Crippen molar-refractivity contribution in [3.63, 3.8) is 0 Å². The summed E-state index contributed by atoms with van der Waals surface area (Å²) in [5.41, 5.74) is 8.06. The van der Waals surface area contributed by atoms with Gasteiger partial charge in [0.1, 0.15) is 0 Å². The van der Waals surface area contributed by atoms with Gasteiger partial charge in [-0.25, -0.2) is 4.98 Å². The Labute approximate surface area is 129 Å². The number of nitrogens with one attached hydrogen (secondary N) is 1. The van der Waals surface area contributed by atoms with Gasteiger partial charge in [0.15, 0.2) is 0 Å². The number of amides is 1. The van der Waals surface area contributed by atoms with Crippen molar-refractivity contribution >= 4 is 17.2 Å². The first-order chi connectivity index (χ1) is 10.2. The van der Waals surface area contributed by atoms with E-state index in [1.807, 2.05) is 30.3 Å². The number of thiazole rings is 1. The van der Waals surface area contributed by atoms with Gasteiger partial charge >= 0.3 is 0 Å². The lowest BCUT2D eigenvalue weighted by Crippen LogP contribution is -2.29. The van der Waals surface area contributed by atoms with Crippen LogP contribution in [0.4, 0.5) is 0 Å². The normalized spacial score (nSPS) is 12.1. The van der Waals surface area contributed by atoms with Crippen LogP contribution >= 0.6 is 11.3 Å². The van der Waals surface area contributed by atoms with Gasteiger partial charge < -0.3 is 11.1 Å². The summed E-state index contributed by atoms with van der Waals surface area (Å²) < 4.78 is 0. The highest BCUT2D eigenvalue weighted by Gasteiger charge is 2.11. The molecule has 1 heterocycles. The third-order valence-corrected chi connectivity index (χ3v) is 4.28. The van der Waals surface area contributed by atoms with Crippen molar-refractivity contribution in [1.29, 1.82) is 0 Å². The number of nitrogens with two attached hydrogens (primary N) is 1. The van der Waals surface area contributed by atoms with Crippen LogP contribution in [0.3, 0.4) is 0 Å². The lowest BCUT2D eigenvalue weighted by Gasteiger charge is -2.11. The number of hydrogen-bond donors (Lipinski definition) is 2. The number of hydrogen-bond acceptors (Lipinski definition) is 4. The molecule has 5 heteroatoms. The van der Waals surface area contributed by atoms with E-state index in [4.69, 9.17) is 5.73 Å². The van der Waals surface area contributed by atoms with Crippen LogP contribution in [-0.2, 0) is 17.6 Å². The van der Waals surface area contributed by atoms with Crippen molar-refractivity contribution < 1.29 is 4.79 Å². The molecule has 3 N–H and O–H groups in total. The van der Waals surface area contributed by atoms with Gasteiger partial charge in [-0.05, 0) is 12.0 Å². The fourth-order valence-corrected chi connectivity index (χ4v) is 2.83. The molecule has 0 aliphatic carbocycles. The zero-order chi connectivity index (χ0) is 15.1. The second-order valence-electron chi connectivity index (χ2n) is 4.91. The molecule has 0 fully saturated rings. The number of benzene rings is 1. The highest BCUT2D eigenvalue weighted by atomic mass is 32.1. The molecule has 112 valence electrons. The average molecular weight is 303 g/mol. The smallest absolute Gasteiger partial charge is 0.221 e. The molecule has 2 aromatic rings. The SMILES string of the molecule is CCc1nc(CCNC(=O)CC(N)c2ccccc2)cs1. The van der Waals surface area contributed by atoms with Crippen molar-refractivity contribution in [3.05, 3.63) is 52.0 Å². The monoisotopic (exact) mass is 303 g/mol. The van der Waals surface area contributed by atoms with E-state index in [9.17, 15) is 4.79 Å². The molecule has 0 aliphatic rings. The Bertz CT molecular complexity index is 568. The topological polar surface area (TPSA) is 68.0 Å². The van der Waals surface area contributed by atoms with Gasteiger partial charge in [-0.15, -0.1) is 11.3 Å². The van der Waals surface area contributed by atoms with Crippen LogP contribution in [0.5, 0.6) is 0 Å². The number of carbonyl (C=O) groups is 1. The third-order valence-electron chi connectivity index (χ3n) is 3.24. The second kappa shape index (κ2) is 7.90. The molecule has 0 aliphatic heterocycles. The average Bonchev–Trinajstić information content (AvgIpc) is 2.96. The molecular formula is C16H21N3OS. The van der Waals surface area contributed by atoms with Gasteiger partial charge in [-0.1, -0.05) is 37.3 Å². The number of nitrogens with zero attached hydrogens (tertiary/aromatic N) is 1. The van der Waals surface area contributed by atoms with Gasteiger partial charge in [-0.2, -0.15) is 0 Å². The molecule has 2 rings (SSSR count). The number of rotatable bonds is 7. The first kappa shape index (κ1) is 15.7. The maximum atomic E-state index is 11.9. The minimum Gasteiger partial charge on any atom is -0.356 e. The van der Waals surface area contributed by atoms with E-state index in [0.717, 1.165) is 29.1 Å². The van der Waals surface area contributed by atoms with Gasteiger partial charge in [0.05, 0.1) is 10.7 Å². The summed E-state index contributed by atoms with van der Waals surface area (Å²) in [6.45, 7) is 2.70. The van der Waals surface area contributed by atoms with Crippen molar-refractivity contribution in [1.82, 2.24) is 10.3 Å². The second-order valence-corrected chi connectivity index (χ2v) is 5.85. The summed E-state index contributed by atoms with van der Waals surface area (Å²) in [6, 6.07) is 9.44. The maximum Gasteiger partial charge on any atom is 0.221 e. The predicted molar refractivity (Wildman–Crippen MR) is 86.2 cm³/mol. The van der Waals surface area contributed by atoms with Crippen molar-refractivity contribution in [2.75, 3.05) is 6.54 Å². The lowest BCUT2D eigenvalue weighted by atomic mass is 10.0. The summed E-state index contributed by atoms with van der Waals surface area (Å²) in [4.78, 5) is 16.3. The molecule has 0 saturated heterocycles. The molecule has 0 bridgehead atoms. The Hall–Kier alpha value is -1.72. The molecule has 1 aromatic heterocycles. The Morgan fingerprint density at radius 2 is 2.14 bits per heavy atom. The van der Waals surface area contributed by atoms with Crippen LogP contribution < -0.4 is 11.1 Å². The summed E-state index contributed by atoms with van der Waals surface area (Å²) >= 11 is 1.67. The Kier molecular flexibility index (Phi) is 5.90. The molecule has 1 unspecified atom stereocenters. The molecular weight excluding hydrogens is 282 g/mol. The third kappa shape index (κ3) is 4.95. The van der Waals surface area contributed by atoms with Gasteiger partial charge in [0, 0.05) is 30.8 Å².